The Labute approximate surface area is 217 Å². The molecule has 0 aliphatic carbocycles. The van der Waals surface area contributed by atoms with Crippen molar-refractivity contribution in [2.75, 3.05) is 10.6 Å². The summed E-state index contributed by atoms with van der Waals surface area (Å²) in [4.78, 5) is 38.7. The Hall–Kier alpha value is -4.51. The van der Waals surface area contributed by atoms with E-state index in [-0.39, 0.29) is 24.0 Å². The molecule has 37 heavy (non-hydrogen) atoms. The van der Waals surface area contributed by atoms with Crippen LogP contribution in [0.25, 0.3) is 0 Å². The van der Waals surface area contributed by atoms with Gasteiger partial charge < -0.3 is 10.6 Å². The van der Waals surface area contributed by atoms with Gasteiger partial charge in [0.05, 0.1) is 12.1 Å². The van der Waals surface area contributed by atoms with Crippen LogP contribution in [0.1, 0.15) is 45.5 Å². The maximum Gasteiger partial charge on any atom is 0.228 e. The Kier molecular flexibility index (Phi) is 8.61. The monoisotopic (exact) mass is 490 g/mol. The number of nitrogens with one attached hydrogen (secondary N) is 2. The van der Waals surface area contributed by atoms with Gasteiger partial charge in [0.1, 0.15) is 0 Å². The molecular formula is C32H30N2O3. The molecular weight excluding hydrogens is 460 g/mol. The van der Waals surface area contributed by atoms with Crippen LogP contribution in [0, 0.1) is 6.92 Å². The van der Waals surface area contributed by atoms with Crippen LogP contribution in [0.15, 0.2) is 103 Å². The van der Waals surface area contributed by atoms with E-state index in [9.17, 15) is 14.4 Å². The molecule has 0 bridgehead atoms. The second kappa shape index (κ2) is 12.5. The molecule has 0 aliphatic heterocycles. The van der Waals surface area contributed by atoms with Crippen molar-refractivity contribution in [3.63, 3.8) is 0 Å². The maximum atomic E-state index is 13.3. The fourth-order valence-corrected chi connectivity index (χ4v) is 4.07. The van der Waals surface area contributed by atoms with Crippen molar-refractivity contribution in [3.8, 4) is 0 Å². The number of aryl methyl sites for hydroxylation is 2. The number of hydrogen-bond donors (Lipinski definition) is 2. The molecule has 0 aliphatic rings. The molecule has 0 unspecified atom stereocenters. The van der Waals surface area contributed by atoms with E-state index in [4.69, 9.17) is 0 Å². The standard InChI is InChI=1S/C32H30N2O3/c1-23-15-17-25(18-16-23)21-31(36)34-29-20-19-27(22-28(29)32(37)26-12-6-3-7-13-26)33-30(35)14-8-11-24-9-4-2-5-10-24/h2-7,9-10,12-13,15-20,22H,8,11,14,21H2,1H3,(H,33,35)(H,34,36). The average Bonchev–Trinajstić information content (AvgIpc) is 2.91. The fraction of sp³-hybridized carbons (Fsp3) is 0.156. The quantitative estimate of drug-likeness (QED) is 0.254. The van der Waals surface area contributed by atoms with Crippen LogP contribution in [-0.4, -0.2) is 17.6 Å². The van der Waals surface area contributed by atoms with Gasteiger partial charge in [-0.3, -0.25) is 14.4 Å². The van der Waals surface area contributed by atoms with E-state index in [1.807, 2.05) is 67.6 Å². The zero-order valence-corrected chi connectivity index (χ0v) is 20.9. The molecule has 0 heterocycles. The third-order valence-electron chi connectivity index (χ3n) is 6.06. The third kappa shape index (κ3) is 7.48. The van der Waals surface area contributed by atoms with Gasteiger partial charge in [0.15, 0.2) is 5.78 Å². The molecule has 0 atom stereocenters. The number of carbonyl (C=O) groups excluding carboxylic acids is 3. The van der Waals surface area contributed by atoms with Crippen LogP contribution in [0.4, 0.5) is 11.4 Å². The van der Waals surface area contributed by atoms with Gasteiger partial charge in [-0.25, -0.2) is 0 Å². The number of anilines is 2. The third-order valence-corrected chi connectivity index (χ3v) is 6.06. The van der Waals surface area contributed by atoms with Crippen molar-refractivity contribution in [1.82, 2.24) is 0 Å². The molecule has 0 spiro atoms. The van der Waals surface area contributed by atoms with Crippen LogP contribution in [0.2, 0.25) is 0 Å². The Balaban J connectivity index is 1.47. The highest BCUT2D eigenvalue weighted by Gasteiger charge is 2.17. The van der Waals surface area contributed by atoms with Gasteiger partial charge in [-0.15, -0.1) is 0 Å². The molecule has 4 aromatic rings. The van der Waals surface area contributed by atoms with E-state index in [0.29, 0.717) is 28.9 Å². The molecule has 0 aromatic heterocycles. The number of ketones is 1. The molecule has 5 heteroatoms. The van der Waals surface area contributed by atoms with E-state index in [0.717, 1.165) is 24.0 Å². The van der Waals surface area contributed by atoms with Crippen molar-refractivity contribution in [2.24, 2.45) is 0 Å². The first-order chi connectivity index (χ1) is 18.0. The van der Waals surface area contributed by atoms with Crippen LogP contribution in [0.5, 0.6) is 0 Å². The minimum absolute atomic E-state index is 0.120. The predicted molar refractivity (Wildman–Crippen MR) is 148 cm³/mol. The van der Waals surface area contributed by atoms with E-state index in [1.54, 1.807) is 42.5 Å². The SMILES string of the molecule is Cc1ccc(CC(=O)Nc2ccc(NC(=O)CCCc3ccccc3)cc2C(=O)c2ccccc2)cc1. The minimum atomic E-state index is -0.230. The molecule has 0 fully saturated rings. The summed E-state index contributed by atoms with van der Waals surface area (Å²) in [6.07, 6.45) is 2.10. The fourth-order valence-electron chi connectivity index (χ4n) is 4.07. The molecule has 0 saturated carbocycles. The highest BCUT2D eigenvalue weighted by atomic mass is 16.2. The molecule has 0 radical (unpaired) electrons. The first-order valence-electron chi connectivity index (χ1n) is 12.4. The first kappa shape index (κ1) is 25.6. The second-order valence-electron chi connectivity index (χ2n) is 9.05. The molecule has 4 rings (SSSR count). The summed E-state index contributed by atoms with van der Waals surface area (Å²) in [6.45, 7) is 1.99. The number of rotatable bonds is 10. The normalized spacial score (nSPS) is 10.5. The maximum absolute atomic E-state index is 13.3. The van der Waals surface area contributed by atoms with Crippen LogP contribution in [0.3, 0.4) is 0 Å². The summed E-state index contributed by atoms with van der Waals surface area (Å²) in [5, 5.41) is 5.78. The van der Waals surface area contributed by atoms with Crippen molar-refractivity contribution < 1.29 is 14.4 Å². The summed E-state index contributed by atoms with van der Waals surface area (Å²) in [6, 6.07) is 31.7. The zero-order chi connectivity index (χ0) is 26.0. The predicted octanol–water partition coefficient (Wildman–Crippen LogP) is 6.37. The first-order valence-corrected chi connectivity index (χ1v) is 12.4. The highest BCUT2D eigenvalue weighted by molar-refractivity contribution is 6.14. The lowest BCUT2D eigenvalue weighted by Crippen LogP contribution is -2.18. The minimum Gasteiger partial charge on any atom is -0.326 e. The largest absolute Gasteiger partial charge is 0.326 e. The van der Waals surface area contributed by atoms with E-state index in [1.165, 1.54) is 5.56 Å². The number of amides is 2. The van der Waals surface area contributed by atoms with Crippen LogP contribution >= 0.6 is 0 Å². The Bertz CT molecular complexity index is 1360. The molecule has 2 N–H and O–H groups in total. The second-order valence-corrected chi connectivity index (χ2v) is 9.05. The van der Waals surface area contributed by atoms with Gasteiger partial charge in [0.25, 0.3) is 0 Å². The number of benzene rings is 4. The van der Waals surface area contributed by atoms with Crippen molar-refractivity contribution in [1.29, 1.82) is 0 Å². The summed E-state index contributed by atoms with van der Waals surface area (Å²) in [5.41, 5.74) is 4.95. The molecule has 186 valence electrons. The smallest absolute Gasteiger partial charge is 0.228 e. The Morgan fingerprint density at radius 1 is 0.676 bits per heavy atom. The van der Waals surface area contributed by atoms with Gasteiger partial charge in [-0.05, 0) is 49.1 Å². The highest BCUT2D eigenvalue weighted by Crippen LogP contribution is 2.24. The van der Waals surface area contributed by atoms with Gasteiger partial charge in [0.2, 0.25) is 11.8 Å². The molecule has 0 saturated heterocycles. The molecule has 2 amide bonds. The summed E-state index contributed by atoms with van der Waals surface area (Å²) >= 11 is 0. The lowest BCUT2D eigenvalue weighted by Gasteiger charge is -2.14. The van der Waals surface area contributed by atoms with Crippen LogP contribution < -0.4 is 10.6 Å². The van der Waals surface area contributed by atoms with Crippen LogP contribution in [-0.2, 0) is 22.4 Å². The van der Waals surface area contributed by atoms with Crippen molar-refractivity contribution in [2.45, 2.75) is 32.6 Å². The average molecular weight is 491 g/mol. The van der Waals surface area contributed by atoms with Gasteiger partial charge >= 0.3 is 0 Å². The topological polar surface area (TPSA) is 75.3 Å². The zero-order valence-electron chi connectivity index (χ0n) is 20.9. The number of hydrogen-bond acceptors (Lipinski definition) is 3. The summed E-state index contributed by atoms with van der Waals surface area (Å²) in [7, 11) is 0. The van der Waals surface area contributed by atoms with E-state index >= 15 is 0 Å². The lowest BCUT2D eigenvalue weighted by atomic mass is 10.0. The van der Waals surface area contributed by atoms with Gasteiger partial charge in [0, 0.05) is 23.2 Å². The van der Waals surface area contributed by atoms with Crippen molar-refractivity contribution >= 4 is 29.0 Å². The van der Waals surface area contributed by atoms with Crippen molar-refractivity contribution in [3.05, 3.63) is 131 Å². The Morgan fingerprint density at radius 2 is 1.35 bits per heavy atom. The molecule has 4 aromatic carbocycles. The summed E-state index contributed by atoms with van der Waals surface area (Å²) < 4.78 is 0. The van der Waals surface area contributed by atoms with Gasteiger partial charge in [-0.2, -0.15) is 0 Å². The lowest BCUT2D eigenvalue weighted by molar-refractivity contribution is -0.116. The van der Waals surface area contributed by atoms with Gasteiger partial charge in [-0.1, -0.05) is 90.5 Å². The Morgan fingerprint density at radius 3 is 2.05 bits per heavy atom. The number of carbonyl (C=O) groups is 3. The van der Waals surface area contributed by atoms with E-state index in [2.05, 4.69) is 10.6 Å². The van der Waals surface area contributed by atoms with E-state index < -0.39 is 0 Å². The summed E-state index contributed by atoms with van der Waals surface area (Å²) in [5.74, 6) is -0.569. The molecule has 5 nitrogen and oxygen atoms in total.